The molecule has 0 unspecified atom stereocenters. The van der Waals surface area contributed by atoms with Crippen LogP contribution in [0.5, 0.6) is 0 Å². The molecule has 0 aliphatic carbocycles. The lowest BCUT2D eigenvalue weighted by atomic mass is 10.3. The van der Waals surface area contributed by atoms with E-state index >= 15 is 0 Å². The number of nitrogens with zero attached hydrogens (tertiary/aromatic N) is 1. The summed E-state index contributed by atoms with van der Waals surface area (Å²) in [7, 11) is 0. The van der Waals surface area contributed by atoms with Gasteiger partial charge in [-0.25, -0.2) is 9.37 Å². The van der Waals surface area contributed by atoms with Crippen LogP contribution in [0.2, 0.25) is 0 Å². The summed E-state index contributed by atoms with van der Waals surface area (Å²) in [6.45, 7) is 1.51. The van der Waals surface area contributed by atoms with Crippen LogP contribution < -0.4 is 5.32 Å². The molecule has 3 rings (SSSR count). The largest absolute Gasteiger partial charge is 0.453 e. The van der Waals surface area contributed by atoms with E-state index in [2.05, 4.69) is 10.3 Å². The van der Waals surface area contributed by atoms with Crippen LogP contribution in [0, 0.1) is 5.82 Å². The van der Waals surface area contributed by atoms with Gasteiger partial charge in [0.25, 0.3) is 5.91 Å². The summed E-state index contributed by atoms with van der Waals surface area (Å²) < 4.78 is 20.2. The highest BCUT2D eigenvalue weighted by Crippen LogP contribution is 2.29. The molecule has 0 radical (unpaired) electrons. The maximum atomic E-state index is 12.9. The Balaban J connectivity index is 1.37. The Labute approximate surface area is 170 Å². The molecule has 0 aliphatic heterocycles. The summed E-state index contributed by atoms with van der Waals surface area (Å²) in [5, 5.41) is 2.58. The van der Waals surface area contributed by atoms with Crippen molar-refractivity contribution in [2.24, 2.45) is 0 Å². The van der Waals surface area contributed by atoms with Crippen LogP contribution in [0.1, 0.15) is 19.8 Å². The number of para-hydroxylation sites is 1. The van der Waals surface area contributed by atoms with Crippen LogP contribution in [0.15, 0.2) is 52.9 Å². The number of nitrogens with one attached hydrogen (secondary N) is 1. The molecule has 0 bridgehead atoms. The summed E-state index contributed by atoms with van der Waals surface area (Å²) in [5.41, 5.74) is 1.43. The van der Waals surface area contributed by atoms with E-state index in [0.29, 0.717) is 12.1 Å². The lowest BCUT2D eigenvalue weighted by molar-refractivity contribution is -0.153. The number of amides is 1. The Morgan fingerprint density at radius 3 is 2.71 bits per heavy atom. The Hall–Kier alpha value is -2.45. The summed E-state index contributed by atoms with van der Waals surface area (Å²) in [6.07, 6.45) is -0.0629. The van der Waals surface area contributed by atoms with Gasteiger partial charge in [-0.1, -0.05) is 23.9 Å². The number of ether oxygens (including phenoxy) is 1. The fourth-order valence-corrected chi connectivity index (χ4v) is 4.45. The number of carbonyl (C=O) groups excluding carboxylic acids is 2. The molecule has 2 aromatic carbocycles. The van der Waals surface area contributed by atoms with Gasteiger partial charge in [0.1, 0.15) is 5.82 Å². The second kappa shape index (κ2) is 9.66. The molecule has 28 heavy (non-hydrogen) atoms. The fourth-order valence-electron chi connectivity index (χ4n) is 2.38. The van der Waals surface area contributed by atoms with E-state index in [-0.39, 0.29) is 12.2 Å². The van der Waals surface area contributed by atoms with E-state index in [9.17, 15) is 14.0 Å². The van der Waals surface area contributed by atoms with Gasteiger partial charge in [0.15, 0.2) is 10.4 Å². The summed E-state index contributed by atoms with van der Waals surface area (Å²) in [4.78, 5) is 28.5. The van der Waals surface area contributed by atoms with Gasteiger partial charge in [-0.3, -0.25) is 9.59 Å². The molecule has 1 atom stereocenters. The van der Waals surface area contributed by atoms with Gasteiger partial charge in [-0.15, -0.1) is 11.3 Å². The number of anilines is 1. The maximum absolute atomic E-state index is 12.9. The zero-order chi connectivity index (χ0) is 19.9. The minimum Gasteiger partial charge on any atom is -0.453 e. The van der Waals surface area contributed by atoms with E-state index in [1.54, 1.807) is 23.1 Å². The van der Waals surface area contributed by atoms with E-state index < -0.39 is 18.0 Å². The third-order valence-corrected chi connectivity index (χ3v) is 6.08. The highest BCUT2D eigenvalue weighted by Gasteiger charge is 2.17. The van der Waals surface area contributed by atoms with Crippen molar-refractivity contribution in [3.8, 4) is 0 Å². The minimum atomic E-state index is -0.922. The number of fused-ring (bicyclic) bond motifs is 1. The number of hydrogen-bond donors (Lipinski definition) is 1. The molecule has 1 N–H and O–H groups in total. The van der Waals surface area contributed by atoms with Gasteiger partial charge in [-0.2, -0.15) is 0 Å². The minimum absolute atomic E-state index is 0.228. The first-order valence-electron chi connectivity index (χ1n) is 8.75. The van der Waals surface area contributed by atoms with Crippen molar-refractivity contribution in [1.82, 2.24) is 4.98 Å². The summed E-state index contributed by atoms with van der Waals surface area (Å²) in [5.74, 6) is -0.526. The number of benzene rings is 2. The van der Waals surface area contributed by atoms with Gasteiger partial charge in [0.05, 0.1) is 10.2 Å². The Morgan fingerprint density at radius 2 is 1.96 bits per heavy atom. The molecule has 3 aromatic rings. The second-order valence-corrected chi connectivity index (χ2v) is 8.40. The Morgan fingerprint density at radius 1 is 1.21 bits per heavy atom. The van der Waals surface area contributed by atoms with Gasteiger partial charge >= 0.3 is 5.97 Å². The Bertz CT molecular complexity index is 926. The number of esters is 1. The first-order valence-corrected chi connectivity index (χ1v) is 10.6. The molecule has 1 amide bonds. The Kier molecular flexibility index (Phi) is 7.00. The topological polar surface area (TPSA) is 68.3 Å². The zero-order valence-corrected chi connectivity index (χ0v) is 16.8. The number of rotatable bonds is 8. The smallest absolute Gasteiger partial charge is 0.306 e. The summed E-state index contributed by atoms with van der Waals surface area (Å²) >= 11 is 3.24. The summed E-state index contributed by atoms with van der Waals surface area (Å²) in [6, 6.07) is 13.3. The molecule has 146 valence electrons. The number of hydrogen-bond acceptors (Lipinski definition) is 6. The van der Waals surface area contributed by atoms with Crippen molar-refractivity contribution in [2.45, 2.75) is 30.2 Å². The van der Waals surface area contributed by atoms with Crippen LogP contribution in [0.3, 0.4) is 0 Å². The van der Waals surface area contributed by atoms with Gasteiger partial charge < -0.3 is 10.1 Å². The number of thioether (sulfide) groups is 1. The van der Waals surface area contributed by atoms with Crippen LogP contribution in [-0.4, -0.2) is 28.7 Å². The van der Waals surface area contributed by atoms with Crippen LogP contribution in [-0.2, 0) is 14.3 Å². The fraction of sp³-hybridized carbons (Fsp3) is 0.250. The highest BCUT2D eigenvalue weighted by molar-refractivity contribution is 8.01. The number of thiazole rings is 1. The SMILES string of the molecule is C[C@H](OC(=O)CCCSc1nc2ccccc2s1)C(=O)Nc1ccc(F)cc1. The van der Waals surface area contributed by atoms with Gasteiger partial charge in [0, 0.05) is 17.9 Å². The van der Waals surface area contributed by atoms with Crippen molar-refractivity contribution in [3.63, 3.8) is 0 Å². The van der Waals surface area contributed by atoms with Crippen LogP contribution in [0.25, 0.3) is 10.2 Å². The molecule has 0 aliphatic rings. The highest BCUT2D eigenvalue weighted by atomic mass is 32.2. The molecule has 8 heteroatoms. The number of carbonyl (C=O) groups is 2. The normalized spacial score (nSPS) is 11.9. The average Bonchev–Trinajstić information content (AvgIpc) is 3.10. The predicted octanol–water partition coefficient (Wildman–Crippen LogP) is 4.88. The van der Waals surface area contributed by atoms with E-state index in [4.69, 9.17) is 4.74 Å². The average molecular weight is 419 g/mol. The molecule has 1 heterocycles. The molecular formula is C20H19FN2O3S2. The van der Waals surface area contributed by atoms with Gasteiger partial charge in [0.2, 0.25) is 0 Å². The lowest BCUT2D eigenvalue weighted by Gasteiger charge is -2.13. The standard InChI is InChI=1S/C20H19FN2O3S2/c1-13(19(25)22-15-10-8-14(21)9-11-15)26-18(24)7-4-12-27-20-23-16-5-2-3-6-17(16)28-20/h2-3,5-6,8-11,13H,4,7,12H2,1H3,(H,22,25)/t13-/m0/s1. The molecule has 0 spiro atoms. The first-order chi connectivity index (χ1) is 13.5. The van der Waals surface area contributed by atoms with Crippen molar-refractivity contribution >= 4 is 50.9 Å². The lowest BCUT2D eigenvalue weighted by Crippen LogP contribution is -2.29. The molecule has 0 saturated heterocycles. The maximum Gasteiger partial charge on any atom is 0.306 e. The van der Waals surface area contributed by atoms with Crippen molar-refractivity contribution in [1.29, 1.82) is 0 Å². The number of halogens is 1. The predicted molar refractivity (Wildman–Crippen MR) is 110 cm³/mol. The third-order valence-electron chi connectivity index (χ3n) is 3.81. The monoisotopic (exact) mass is 418 g/mol. The van der Waals surface area contributed by atoms with Crippen molar-refractivity contribution < 1.29 is 18.7 Å². The molecule has 0 saturated carbocycles. The quantitative estimate of drug-likeness (QED) is 0.321. The molecular weight excluding hydrogens is 399 g/mol. The first kappa shape index (κ1) is 20.3. The van der Waals surface area contributed by atoms with E-state index in [0.717, 1.165) is 20.3 Å². The van der Waals surface area contributed by atoms with Crippen molar-refractivity contribution in [2.75, 3.05) is 11.1 Å². The van der Waals surface area contributed by atoms with E-state index in [1.807, 2.05) is 24.3 Å². The number of aromatic nitrogens is 1. The van der Waals surface area contributed by atoms with E-state index in [1.165, 1.54) is 31.2 Å². The molecule has 0 fully saturated rings. The van der Waals surface area contributed by atoms with Crippen LogP contribution >= 0.6 is 23.1 Å². The molecule has 1 aromatic heterocycles. The van der Waals surface area contributed by atoms with Crippen LogP contribution in [0.4, 0.5) is 10.1 Å². The van der Waals surface area contributed by atoms with Crippen molar-refractivity contribution in [3.05, 3.63) is 54.3 Å². The third kappa shape index (κ3) is 5.77. The molecule has 5 nitrogen and oxygen atoms in total. The van der Waals surface area contributed by atoms with Gasteiger partial charge in [-0.05, 0) is 49.7 Å². The second-order valence-electron chi connectivity index (χ2n) is 6.03. The zero-order valence-electron chi connectivity index (χ0n) is 15.2.